The van der Waals surface area contributed by atoms with Crippen LogP contribution in [-0.2, 0) is 51.3 Å². The molecule has 4 bridgehead atoms. The van der Waals surface area contributed by atoms with Crippen molar-refractivity contribution in [3.8, 4) is 0 Å². The molecule has 0 N–H and O–H groups in total. The second-order valence-corrected chi connectivity index (χ2v) is 18.6. The van der Waals surface area contributed by atoms with Gasteiger partial charge in [0.2, 0.25) is 11.6 Å². The van der Waals surface area contributed by atoms with Gasteiger partial charge in [0.25, 0.3) is 0 Å². The van der Waals surface area contributed by atoms with E-state index in [0.717, 1.165) is 75.3 Å². The molecule has 8 nitrogen and oxygen atoms in total. The zero-order valence-corrected chi connectivity index (χ0v) is 32.4. The van der Waals surface area contributed by atoms with Gasteiger partial charge < -0.3 is 18.9 Å². The molecule has 10 aliphatic rings. The summed E-state index contributed by atoms with van der Waals surface area (Å²) in [5, 5.41) is 0. The maximum atomic E-state index is 7.01. The molecule has 0 unspecified atom stereocenters. The number of benzene rings is 1. The van der Waals surface area contributed by atoms with E-state index < -0.39 is 35.4 Å². The highest BCUT2D eigenvalue weighted by Gasteiger charge is 2.70. The van der Waals surface area contributed by atoms with E-state index in [2.05, 4.69) is 53.0 Å². The number of fused-ring (bicyclic) bond motifs is 4. The fourth-order valence-electron chi connectivity index (χ4n) is 12.8. The molecule has 52 heavy (non-hydrogen) atoms. The first-order valence-corrected chi connectivity index (χ1v) is 20.7. The molecule has 0 aromatic heterocycles. The number of hydrogen-bond donors (Lipinski definition) is 0. The van der Waals surface area contributed by atoms with Crippen LogP contribution < -0.4 is 0 Å². The molecule has 1 aromatic rings. The molecule has 286 valence electrons. The third-order valence-corrected chi connectivity index (χ3v) is 15.8. The summed E-state index contributed by atoms with van der Waals surface area (Å²) in [7, 11) is 0. The first-order chi connectivity index (χ1) is 24.9. The molecular weight excluding hydrogens is 656 g/mol. The van der Waals surface area contributed by atoms with Crippen molar-refractivity contribution in [2.45, 2.75) is 166 Å². The van der Waals surface area contributed by atoms with Gasteiger partial charge in [-0.15, -0.1) is 0 Å². The molecule has 2 spiro atoms. The van der Waals surface area contributed by atoms with Crippen LogP contribution in [-0.4, -0.2) is 47.6 Å². The Hall–Kier alpha value is -1.62. The summed E-state index contributed by atoms with van der Waals surface area (Å²) in [6, 6.07) is 4.67. The van der Waals surface area contributed by atoms with E-state index in [1.807, 2.05) is 26.0 Å². The summed E-state index contributed by atoms with van der Waals surface area (Å²) in [4.78, 5) is 25.0. The van der Waals surface area contributed by atoms with Gasteiger partial charge in [0.1, 0.15) is 0 Å². The van der Waals surface area contributed by atoms with Crippen molar-refractivity contribution in [2.75, 3.05) is 0 Å². The topological polar surface area (TPSA) is 73.8 Å². The highest BCUT2D eigenvalue weighted by molar-refractivity contribution is 5.65. The lowest BCUT2D eigenvalue weighted by molar-refractivity contribution is -0.571. The van der Waals surface area contributed by atoms with Crippen molar-refractivity contribution in [3.63, 3.8) is 0 Å². The van der Waals surface area contributed by atoms with Crippen molar-refractivity contribution in [2.24, 2.45) is 47.3 Å². The van der Waals surface area contributed by atoms with E-state index >= 15 is 0 Å². The molecule has 10 fully saturated rings. The van der Waals surface area contributed by atoms with E-state index in [4.69, 9.17) is 38.5 Å². The Morgan fingerprint density at radius 2 is 1.02 bits per heavy atom. The Labute approximate surface area is 311 Å². The Kier molecular flexibility index (Phi) is 8.99. The molecule has 1 aromatic carbocycles. The molecule has 8 heterocycles. The van der Waals surface area contributed by atoms with Crippen LogP contribution in [0, 0.1) is 47.3 Å². The molecule has 8 aliphatic heterocycles. The van der Waals surface area contributed by atoms with Crippen LogP contribution in [0.15, 0.2) is 25.3 Å². The first kappa shape index (κ1) is 36.0. The summed E-state index contributed by atoms with van der Waals surface area (Å²) in [5.41, 5.74) is 3.88. The van der Waals surface area contributed by atoms with Crippen LogP contribution >= 0.6 is 0 Å². The number of rotatable bonds is 8. The van der Waals surface area contributed by atoms with E-state index in [9.17, 15) is 0 Å². The minimum atomic E-state index is -0.762. The number of aryl methyl sites for hydroxylation is 2. The van der Waals surface area contributed by atoms with Gasteiger partial charge in [-0.1, -0.05) is 65.1 Å². The lowest BCUT2D eigenvalue weighted by atomic mass is 9.57. The molecule has 11 rings (SSSR count). The van der Waals surface area contributed by atoms with Crippen molar-refractivity contribution >= 4 is 12.2 Å². The van der Waals surface area contributed by atoms with Crippen LogP contribution in [0.2, 0.25) is 0 Å². The van der Waals surface area contributed by atoms with Gasteiger partial charge in [0.05, 0.1) is 12.2 Å². The van der Waals surface area contributed by atoms with Gasteiger partial charge in [-0.2, -0.15) is 0 Å². The van der Waals surface area contributed by atoms with Crippen LogP contribution in [0.25, 0.3) is 12.2 Å². The molecule has 8 saturated heterocycles. The summed E-state index contributed by atoms with van der Waals surface area (Å²) >= 11 is 0. The average Bonchev–Trinajstić information content (AvgIpc) is 3.51. The lowest BCUT2D eigenvalue weighted by Gasteiger charge is -2.60. The quantitative estimate of drug-likeness (QED) is 0.246. The standard InChI is InChI=1S/C44H62O8/c1-9-29-23-31(13-17-37-27(5)35-15-11-25(3)33-19-21-41(7)47-39(45-37)43(33,35)51-49-41)32(24-30(29)10-2)14-18-38-28(6)36-16-12-26(4)34-20-22-42(8)48-40(46-38)44(34,36)52-50-42/h9-10,23-28,33-40H,1-2,11-22H2,3-8H3/t25-,26-,27-,28-,33+,34+,35+,36+,37-,38-,39-,40-,41+,42+,43-,44-/m1/s1. The molecule has 0 radical (unpaired) electrons. The van der Waals surface area contributed by atoms with E-state index in [0.29, 0.717) is 47.3 Å². The van der Waals surface area contributed by atoms with Gasteiger partial charge in [-0.3, -0.25) is 0 Å². The van der Waals surface area contributed by atoms with Crippen LogP contribution in [0.3, 0.4) is 0 Å². The van der Waals surface area contributed by atoms with Gasteiger partial charge in [0, 0.05) is 24.7 Å². The molecule has 16 atom stereocenters. The van der Waals surface area contributed by atoms with Gasteiger partial charge in [-0.05, 0) is 136 Å². The Morgan fingerprint density at radius 3 is 1.42 bits per heavy atom. The normalized spacial score (nSPS) is 50.4. The predicted octanol–water partition coefficient (Wildman–Crippen LogP) is 9.34. The summed E-state index contributed by atoms with van der Waals surface area (Å²) in [6.07, 6.45) is 15.3. The molecular formula is C44H62O8. The summed E-state index contributed by atoms with van der Waals surface area (Å²) < 4.78 is 27.4. The smallest absolute Gasteiger partial charge is 0.201 e. The maximum Gasteiger partial charge on any atom is 0.201 e. The van der Waals surface area contributed by atoms with Crippen LogP contribution in [0.5, 0.6) is 0 Å². The Balaban J connectivity index is 0.953. The van der Waals surface area contributed by atoms with Gasteiger partial charge in [0.15, 0.2) is 23.8 Å². The maximum absolute atomic E-state index is 7.01. The minimum absolute atomic E-state index is 0.0614. The predicted molar refractivity (Wildman–Crippen MR) is 197 cm³/mol. The average molecular weight is 719 g/mol. The Bertz CT molecular complexity index is 1450. The lowest BCUT2D eigenvalue weighted by Crippen LogP contribution is -2.70. The molecule has 2 saturated carbocycles. The fourth-order valence-corrected chi connectivity index (χ4v) is 12.8. The SMILES string of the molecule is C=Cc1cc(CC[C@H]2O[C@@H]3O[C@]4(C)CC[C@H]5[C@H](C)CC[C@@H]([C@H]2C)[C@@]35OO4)c(CC[C@H]2O[C@@H]3O[C@]4(C)CC[C@H]5[C@H](C)CC[C@@H]([C@H]2C)[C@@]35OO4)cc1C=C. The zero-order valence-electron chi connectivity index (χ0n) is 32.4. The molecule has 2 aliphatic carbocycles. The fraction of sp³-hybridized carbons (Fsp3) is 0.773. The van der Waals surface area contributed by atoms with Gasteiger partial charge >= 0.3 is 0 Å². The van der Waals surface area contributed by atoms with E-state index in [1.54, 1.807) is 0 Å². The minimum Gasteiger partial charge on any atom is -0.346 e. The monoisotopic (exact) mass is 718 g/mol. The summed E-state index contributed by atoms with van der Waals surface area (Å²) in [5.74, 6) is 1.65. The van der Waals surface area contributed by atoms with Crippen LogP contribution in [0.1, 0.15) is 128 Å². The largest absolute Gasteiger partial charge is 0.346 e. The highest BCUT2D eigenvalue weighted by atomic mass is 17.3. The van der Waals surface area contributed by atoms with E-state index in [1.165, 1.54) is 24.0 Å². The number of hydrogen-bond acceptors (Lipinski definition) is 8. The van der Waals surface area contributed by atoms with Crippen LogP contribution in [0.4, 0.5) is 0 Å². The third-order valence-electron chi connectivity index (χ3n) is 15.8. The van der Waals surface area contributed by atoms with Gasteiger partial charge in [-0.25, -0.2) is 19.6 Å². The first-order valence-electron chi connectivity index (χ1n) is 20.7. The second kappa shape index (κ2) is 13.0. The van der Waals surface area contributed by atoms with Crippen molar-refractivity contribution in [1.29, 1.82) is 0 Å². The third kappa shape index (κ3) is 5.36. The Morgan fingerprint density at radius 1 is 0.596 bits per heavy atom. The van der Waals surface area contributed by atoms with E-state index in [-0.39, 0.29) is 12.2 Å². The molecule has 0 amide bonds. The summed E-state index contributed by atoms with van der Waals surface area (Å²) in [6.45, 7) is 21.8. The van der Waals surface area contributed by atoms with Crippen molar-refractivity contribution in [1.82, 2.24) is 0 Å². The highest BCUT2D eigenvalue weighted by Crippen LogP contribution is 2.62. The number of ether oxygens (including phenoxy) is 4. The molecule has 8 heteroatoms. The van der Waals surface area contributed by atoms with Crippen molar-refractivity contribution < 1.29 is 38.5 Å². The van der Waals surface area contributed by atoms with Crippen molar-refractivity contribution in [3.05, 3.63) is 47.5 Å². The zero-order chi connectivity index (χ0) is 36.2. The second-order valence-electron chi connectivity index (χ2n) is 18.6.